The van der Waals surface area contributed by atoms with Crippen LogP contribution in [0.5, 0.6) is 5.75 Å². The summed E-state index contributed by atoms with van der Waals surface area (Å²) in [5, 5.41) is 0. The van der Waals surface area contributed by atoms with Gasteiger partial charge in [-0.2, -0.15) is 0 Å². The molecule has 2 amide bonds. The van der Waals surface area contributed by atoms with Crippen LogP contribution in [-0.2, 0) is 17.8 Å². The van der Waals surface area contributed by atoms with Crippen LogP contribution >= 0.6 is 0 Å². The second-order valence-electron chi connectivity index (χ2n) is 10.2. The van der Waals surface area contributed by atoms with Crippen molar-refractivity contribution in [3.8, 4) is 5.75 Å². The van der Waals surface area contributed by atoms with E-state index in [9.17, 15) is 9.59 Å². The van der Waals surface area contributed by atoms with Crippen LogP contribution in [0, 0.1) is 6.92 Å². The van der Waals surface area contributed by atoms with E-state index in [0.717, 1.165) is 28.7 Å². The summed E-state index contributed by atoms with van der Waals surface area (Å²) in [6.07, 6.45) is 0.102. The Hall–Kier alpha value is -4.38. The molecule has 5 rings (SSSR count). The molecule has 5 nitrogen and oxygen atoms in total. The normalized spacial score (nSPS) is 15.3. The van der Waals surface area contributed by atoms with Crippen molar-refractivity contribution in [2.24, 2.45) is 0 Å². The van der Waals surface area contributed by atoms with Crippen molar-refractivity contribution in [3.63, 3.8) is 0 Å². The Morgan fingerprint density at radius 1 is 0.923 bits per heavy atom. The maximum atomic E-state index is 13.7. The maximum absolute atomic E-state index is 13.7. The lowest BCUT2D eigenvalue weighted by atomic mass is 9.87. The number of hydrogen-bond donors (Lipinski definition) is 0. The lowest BCUT2D eigenvalue weighted by molar-refractivity contribution is -0.137. The molecular weight excluding hydrogens is 484 g/mol. The van der Waals surface area contributed by atoms with Crippen molar-refractivity contribution in [1.82, 2.24) is 9.80 Å². The number of fused-ring (bicyclic) bond motifs is 1. The van der Waals surface area contributed by atoms with Gasteiger partial charge >= 0.3 is 0 Å². The van der Waals surface area contributed by atoms with Gasteiger partial charge in [0.05, 0.1) is 6.04 Å². The SMILES string of the molecule is Cc1cccc([C@H]2c3cc(O[C@H](C)C(=O)N(C)Cc4ccccc4)ccc3CCN2C(=O)c2ccccc2)c1. The van der Waals surface area contributed by atoms with E-state index in [1.807, 2.05) is 83.8 Å². The minimum atomic E-state index is -0.653. The van der Waals surface area contributed by atoms with Gasteiger partial charge in [-0.3, -0.25) is 9.59 Å². The molecule has 0 aromatic heterocycles. The van der Waals surface area contributed by atoms with Crippen LogP contribution in [0.1, 0.15) is 51.1 Å². The van der Waals surface area contributed by atoms with Gasteiger partial charge in [-0.15, -0.1) is 0 Å². The first-order chi connectivity index (χ1) is 18.9. The molecule has 0 unspecified atom stereocenters. The average Bonchev–Trinajstić information content (AvgIpc) is 2.96. The van der Waals surface area contributed by atoms with Crippen molar-refractivity contribution in [3.05, 3.63) is 137 Å². The number of benzene rings is 4. The summed E-state index contributed by atoms with van der Waals surface area (Å²) in [5.41, 5.74) is 6.16. The summed E-state index contributed by atoms with van der Waals surface area (Å²) >= 11 is 0. The van der Waals surface area contributed by atoms with E-state index in [2.05, 4.69) is 31.2 Å². The summed E-state index contributed by atoms with van der Waals surface area (Å²) in [6, 6.07) is 33.4. The quantitative estimate of drug-likeness (QED) is 0.292. The van der Waals surface area contributed by atoms with Gasteiger partial charge in [-0.1, -0.05) is 84.4 Å². The standard InChI is InChI=1S/C34H34N2O3/c1-24-11-10-16-29(21-24)32-31-22-30(39-25(2)33(37)35(3)23-26-12-6-4-7-13-26)18-17-27(31)19-20-36(32)34(38)28-14-8-5-9-15-28/h4-18,21-22,25,32H,19-20,23H2,1-3H3/t25-,32+/m1/s1. The van der Waals surface area contributed by atoms with Crippen LogP contribution in [0.2, 0.25) is 0 Å². The molecule has 0 bridgehead atoms. The number of carbonyl (C=O) groups excluding carboxylic acids is 2. The predicted molar refractivity (Wildman–Crippen MR) is 154 cm³/mol. The van der Waals surface area contributed by atoms with Gasteiger partial charge in [0.2, 0.25) is 0 Å². The van der Waals surface area contributed by atoms with Gasteiger partial charge in [-0.25, -0.2) is 0 Å². The van der Waals surface area contributed by atoms with Crippen LogP contribution in [-0.4, -0.2) is 41.3 Å². The third-order valence-electron chi connectivity index (χ3n) is 7.28. The molecule has 39 heavy (non-hydrogen) atoms. The summed E-state index contributed by atoms with van der Waals surface area (Å²) in [7, 11) is 1.79. The van der Waals surface area contributed by atoms with Gasteiger partial charge in [0.15, 0.2) is 6.10 Å². The van der Waals surface area contributed by atoms with Gasteiger partial charge < -0.3 is 14.5 Å². The molecule has 1 heterocycles. The fourth-order valence-corrected chi connectivity index (χ4v) is 5.33. The second kappa shape index (κ2) is 11.6. The maximum Gasteiger partial charge on any atom is 0.263 e. The van der Waals surface area contributed by atoms with Crippen LogP contribution in [0.25, 0.3) is 0 Å². The lowest BCUT2D eigenvalue weighted by Crippen LogP contribution is -2.41. The molecule has 0 radical (unpaired) electrons. The molecule has 1 aliphatic heterocycles. The predicted octanol–water partition coefficient (Wildman–Crippen LogP) is 6.21. The van der Waals surface area contributed by atoms with Crippen molar-refractivity contribution in [2.75, 3.05) is 13.6 Å². The van der Waals surface area contributed by atoms with Gasteiger partial charge in [0.1, 0.15) is 5.75 Å². The minimum absolute atomic E-state index is 0.00478. The molecule has 5 heteroatoms. The Kier molecular flexibility index (Phi) is 7.78. The highest BCUT2D eigenvalue weighted by atomic mass is 16.5. The molecule has 0 aliphatic carbocycles. The monoisotopic (exact) mass is 518 g/mol. The first kappa shape index (κ1) is 26.2. The van der Waals surface area contributed by atoms with Crippen LogP contribution in [0.4, 0.5) is 0 Å². The van der Waals surface area contributed by atoms with Gasteiger partial charge in [0.25, 0.3) is 11.8 Å². The van der Waals surface area contributed by atoms with E-state index < -0.39 is 6.10 Å². The van der Waals surface area contributed by atoms with Crippen molar-refractivity contribution in [1.29, 1.82) is 0 Å². The summed E-state index contributed by atoms with van der Waals surface area (Å²) < 4.78 is 6.19. The molecule has 4 aromatic rings. The molecule has 0 saturated carbocycles. The smallest absolute Gasteiger partial charge is 0.263 e. The molecular formula is C34H34N2O3. The van der Waals surface area contributed by atoms with E-state index in [-0.39, 0.29) is 17.9 Å². The Morgan fingerprint density at radius 3 is 2.36 bits per heavy atom. The number of carbonyl (C=O) groups is 2. The Morgan fingerprint density at radius 2 is 1.64 bits per heavy atom. The Bertz CT molecular complexity index is 1450. The van der Waals surface area contributed by atoms with Gasteiger partial charge in [0, 0.05) is 25.7 Å². The Balaban J connectivity index is 1.43. The fourth-order valence-electron chi connectivity index (χ4n) is 5.33. The number of ether oxygens (including phenoxy) is 1. The zero-order valence-corrected chi connectivity index (χ0v) is 22.7. The number of likely N-dealkylation sites (N-methyl/N-ethyl adjacent to an activating group) is 1. The Labute approximate surface area is 230 Å². The highest BCUT2D eigenvalue weighted by molar-refractivity contribution is 5.95. The summed E-state index contributed by atoms with van der Waals surface area (Å²) in [6.45, 7) is 4.99. The topological polar surface area (TPSA) is 49.9 Å². The molecule has 0 fully saturated rings. The highest BCUT2D eigenvalue weighted by Crippen LogP contribution is 2.38. The number of hydrogen-bond acceptors (Lipinski definition) is 3. The van der Waals surface area contributed by atoms with Crippen LogP contribution in [0.15, 0.2) is 103 Å². The zero-order chi connectivity index (χ0) is 27.4. The molecule has 1 aliphatic rings. The first-order valence-electron chi connectivity index (χ1n) is 13.4. The average molecular weight is 519 g/mol. The van der Waals surface area contributed by atoms with E-state index in [4.69, 9.17) is 4.74 Å². The first-order valence-corrected chi connectivity index (χ1v) is 13.4. The van der Waals surface area contributed by atoms with Crippen LogP contribution in [0.3, 0.4) is 0 Å². The van der Waals surface area contributed by atoms with E-state index in [0.29, 0.717) is 24.4 Å². The largest absolute Gasteiger partial charge is 0.481 e. The molecule has 4 aromatic carbocycles. The van der Waals surface area contributed by atoms with Crippen LogP contribution < -0.4 is 4.74 Å². The molecule has 0 spiro atoms. The number of aryl methyl sites for hydroxylation is 1. The van der Waals surface area contributed by atoms with E-state index in [1.54, 1.807) is 18.9 Å². The van der Waals surface area contributed by atoms with Crippen molar-refractivity contribution in [2.45, 2.75) is 39.0 Å². The number of nitrogens with zero attached hydrogens (tertiary/aromatic N) is 2. The van der Waals surface area contributed by atoms with E-state index >= 15 is 0 Å². The number of rotatable bonds is 7. The lowest BCUT2D eigenvalue weighted by Gasteiger charge is -2.38. The summed E-state index contributed by atoms with van der Waals surface area (Å²) in [5.74, 6) is 0.534. The highest BCUT2D eigenvalue weighted by Gasteiger charge is 2.33. The molecule has 0 saturated heterocycles. The molecule has 2 atom stereocenters. The fraction of sp³-hybridized carbons (Fsp3) is 0.235. The van der Waals surface area contributed by atoms with Gasteiger partial charge in [-0.05, 0) is 66.8 Å². The van der Waals surface area contributed by atoms with E-state index in [1.165, 1.54) is 5.56 Å². The third kappa shape index (κ3) is 5.88. The molecule has 0 N–H and O–H groups in total. The minimum Gasteiger partial charge on any atom is -0.481 e. The third-order valence-corrected chi connectivity index (χ3v) is 7.28. The summed E-state index contributed by atoms with van der Waals surface area (Å²) in [4.78, 5) is 30.5. The van der Waals surface area contributed by atoms with Crippen molar-refractivity contribution >= 4 is 11.8 Å². The molecule has 198 valence electrons. The zero-order valence-electron chi connectivity index (χ0n) is 22.7. The number of amides is 2. The van der Waals surface area contributed by atoms with Crippen molar-refractivity contribution < 1.29 is 14.3 Å². The second-order valence-corrected chi connectivity index (χ2v) is 10.2.